The summed E-state index contributed by atoms with van der Waals surface area (Å²) in [6, 6.07) is 19.7. The fourth-order valence-electron chi connectivity index (χ4n) is 2.47. The molecule has 25 heavy (non-hydrogen) atoms. The third-order valence-electron chi connectivity index (χ3n) is 3.76. The van der Waals surface area contributed by atoms with Crippen molar-refractivity contribution in [3.8, 4) is 16.9 Å². The predicted molar refractivity (Wildman–Crippen MR) is 92.1 cm³/mol. The highest BCUT2D eigenvalue weighted by molar-refractivity contribution is 5.74. The lowest BCUT2D eigenvalue weighted by atomic mass is 10.0. The summed E-state index contributed by atoms with van der Waals surface area (Å²) in [5, 5.41) is 0. The van der Waals surface area contributed by atoms with Crippen LogP contribution in [0.1, 0.15) is 11.1 Å². The van der Waals surface area contributed by atoms with Gasteiger partial charge in [-0.15, -0.1) is 0 Å². The smallest absolute Gasteiger partial charge is 0.416 e. The molecule has 0 aliphatic heterocycles. The molecule has 0 aromatic heterocycles. The second-order valence-corrected chi connectivity index (χ2v) is 5.60. The van der Waals surface area contributed by atoms with Gasteiger partial charge in [-0.2, -0.15) is 13.2 Å². The summed E-state index contributed by atoms with van der Waals surface area (Å²) in [7, 11) is 0. The van der Waals surface area contributed by atoms with Crippen LogP contribution in [0.2, 0.25) is 0 Å². The maximum absolute atomic E-state index is 12.7. The van der Waals surface area contributed by atoms with Gasteiger partial charge in [0.2, 0.25) is 0 Å². The lowest BCUT2D eigenvalue weighted by Gasteiger charge is -2.14. The van der Waals surface area contributed by atoms with Crippen LogP contribution in [0.25, 0.3) is 11.1 Å². The Kier molecular flexibility index (Phi) is 4.65. The molecular weight excluding hydrogens is 327 g/mol. The first kappa shape index (κ1) is 16.9. The van der Waals surface area contributed by atoms with Crippen molar-refractivity contribution >= 4 is 5.69 Å². The van der Waals surface area contributed by atoms with Gasteiger partial charge in [0.05, 0.1) is 5.56 Å². The first-order valence-corrected chi connectivity index (χ1v) is 7.67. The van der Waals surface area contributed by atoms with E-state index in [-0.39, 0.29) is 0 Å². The second kappa shape index (κ2) is 6.89. The fraction of sp³-hybridized carbons (Fsp3) is 0.100. The van der Waals surface area contributed by atoms with Gasteiger partial charge in [0.25, 0.3) is 0 Å². The topological polar surface area (TPSA) is 35.2 Å². The standard InChI is InChI=1S/C20H16F3NO/c21-20(22,23)16-8-6-15(7-9-16)18-12-17(24)10-11-19(18)25-13-14-4-2-1-3-5-14/h1-12H,13,24H2. The van der Waals surface area contributed by atoms with Crippen LogP contribution in [0.15, 0.2) is 72.8 Å². The average molecular weight is 343 g/mol. The summed E-state index contributed by atoms with van der Waals surface area (Å²) in [4.78, 5) is 0. The molecule has 0 bridgehead atoms. The summed E-state index contributed by atoms with van der Waals surface area (Å²) in [5.74, 6) is 0.567. The number of alkyl halides is 3. The number of anilines is 1. The highest BCUT2D eigenvalue weighted by atomic mass is 19.4. The van der Waals surface area contributed by atoms with Crippen molar-refractivity contribution in [1.29, 1.82) is 0 Å². The van der Waals surface area contributed by atoms with Gasteiger partial charge < -0.3 is 10.5 Å². The molecule has 2 N–H and O–H groups in total. The van der Waals surface area contributed by atoms with Gasteiger partial charge in [-0.3, -0.25) is 0 Å². The molecular formula is C20H16F3NO. The van der Waals surface area contributed by atoms with E-state index in [9.17, 15) is 13.2 Å². The second-order valence-electron chi connectivity index (χ2n) is 5.60. The van der Waals surface area contributed by atoms with Crippen LogP contribution >= 0.6 is 0 Å². The molecule has 3 rings (SSSR count). The van der Waals surface area contributed by atoms with Gasteiger partial charge in [0.15, 0.2) is 0 Å². The molecule has 0 aliphatic rings. The quantitative estimate of drug-likeness (QED) is 0.632. The van der Waals surface area contributed by atoms with Gasteiger partial charge in [0.1, 0.15) is 12.4 Å². The number of rotatable bonds is 4. The largest absolute Gasteiger partial charge is 0.488 e. The lowest BCUT2D eigenvalue weighted by Crippen LogP contribution is -2.04. The van der Waals surface area contributed by atoms with E-state index in [4.69, 9.17) is 10.5 Å². The Morgan fingerprint density at radius 2 is 1.52 bits per heavy atom. The Bertz CT molecular complexity index is 843. The Balaban J connectivity index is 1.89. The zero-order valence-electron chi connectivity index (χ0n) is 13.3. The molecule has 0 amide bonds. The van der Waals surface area contributed by atoms with E-state index >= 15 is 0 Å². The molecule has 0 saturated heterocycles. The summed E-state index contributed by atoms with van der Waals surface area (Å²) in [6.45, 7) is 0.360. The van der Waals surface area contributed by atoms with Crippen molar-refractivity contribution < 1.29 is 17.9 Å². The van der Waals surface area contributed by atoms with Gasteiger partial charge in [0, 0.05) is 11.3 Å². The molecule has 2 nitrogen and oxygen atoms in total. The van der Waals surface area contributed by atoms with Crippen LogP contribution < -0.4 is 10.5 Å². The predicted octanol–water partition coefficient (Wildman–Crippen LogP) is 5.53. The summed E-state index contributed by atoms with van der Waals surface area (Å²) >= 11 is 0. The monoisotopic (exact) mass is 343 g/mol. The number of hydrogen-bond acceptors (Lipinski definition) is 2. The fourth-order valence-corrected chi connectivity index (χ4v) is 2.47. The molecule has 0 spiro atoms. The van der Waals surface area contributed by atoms with Crippen molar-refractivity contribution in [3.63, 3.8) is 0 Å². The number of nitrogen functional groups attached to an aromatic ring is 1. The highest BCUT2D eigenvalue weighted by Gasteiger charge is 2.30. The highest BCUT2D eigenvalue weighted by Crippen LogP contribution is 2.35. The average Bonchev–Trinajstić information content (AvgIpc) is 2.61. The molecule has 128 valence electrons. The molecule has 5 heteroatoms. The molecule has 0 fully saturated rings. The van der Waals surface area contributed by atoms with Gasteiger partial charge in [-0.1, -0.05) is 42.5 Å². The number of halogens is 3. The number of hydrogen-bond donors (Lipinski definition) is 1. The summed E-state index contributed by atoms with van der Waals surface area (Å²) in [5.41, 5.74) is 7.93. The van der Waals surface area contributed by atoms with E-state index < -0.39 is 11.7 Å². The van der Waals surface area contributed by atoms with E-state index in [1.807, 2.05) is 30.3 Å². The minimum Gasteiger partial charge on any atom is -0.488 e. The SMILES string of the molecule is Nc1ccc(OCc2ccccc2)c(-c2ccc(C(F)(F)F)cc2)c1. The van der Waals surface area contributed by atoms with Crippen molar-refractivity contribution in [2.75, 3.05) is 5.73 Å². The van der Waals surface area contributed by atoms with Crippen LogP contribution in [-0.4, -0.2) is 0 Å². The molecule has 0 saturated carbocycles. The molecule has 0 unspecified atom stereocenters. The van der Waals surface area contributed by atoms with Gasteiger partial charge in [-0.25, -0.2) is 0 Å². The van der Waals surface area contributed by atoms with E-state index in [1.54, 1.807) is 18.2 Å². The number of ether oxygens (including phenoxy) is 1. The van der Waals surface area contributed by atoms with Crippen LogP contribution in [0.5, 0.6) is 5.75 Å². The van der Waals surface area contributed by atoms with E-state index in [1.165, 1.54) is 12.1 Å². The normalized spacial score (nSPS) is 11.3. The number of benzene rings is 3. The Labute approximate surface area is 143 Å². The minimum atomic E-state index is -4.36. The molecule has 3 aromatic rings. The minimum absolute atomic E-state index is 0.360. The summed E-state index contributed by atoms with van der Waals surface area (Å²) < 4.78 is 44.0. The van der Waals surface area contributed by atoms with Crippen LogP contribution in [0, 0.1) is 0 Å². The molecule has 0 radical (unpaired) electrons. The van der Waals surface area contributed by atoms with Crippen molar-refractivity contribution in [2.45, 2.75) is 12.8 Å². The third-order valence-corrected chi connectivity index (χ3v) is 3.76. The number of nitrogens with two attached hydrogens (primary N) is 1. The maximum Gasteiger partial charge on any atom is 0.416 e. The third kappa shape index (κ3) is 4.12. The summed E-state index contributed by atoms with van der Waals surface area (Å²) in [6.07, 6.45) is -4.36. The Morgan fingerprint density at radius 1 is 0.840 bits per heavy atom. The van der Waals surface area contributed by atoms with Crippen LogP contribution in [-0.2, 0) is 12.8 Å². The zero-order chi connectivity index (χ0) is 17.9. The first-order valence-electron chi connectivity index (χ1n) is 7.67. The maximum atomic E-state index is 12.7. The zero-order valence-corrected chi connectivity index (χ0v) is 13.3. The van der Waals surface area contributed by atoms with Crippen molar-refractivity contribution in [2.24, 2.45) is 0 Å². The van der Waals surface area contributed by atoms with Crippen LogP contribution in [0.4, 0.5) is 18.9 Å². The van der Waals surface area contributed by atoms with E-state index in [0.717, 1.165) is 17.7 Å². The van der Waals surface area contributed by atoms with Crippen molar-refractivity contribution in [3.05, 3.63) is 83.9 Å². The lowest BCUT2D eigenvalue weighted by molar-refractivity contribution is -0.137. The van der Waals surface area contributed by atoms with Crippen molar-refractivity contribution in [1.82, 2.24) is 0 Å². The van der Waals surface area contributed by atoms with E-state index in [0.29, 0.717) is 29.2 Å². The Morgan fingerprint density at radius 3 is 2.16 bits per heavy atom. The van der Waals surface area contributed by atoms with E-state index in [2.05, 4.69) is 0 Å². The molecule has 0 heterocycles. The van der Waals surface area contributed by atoms with Gasteiger partial charge in [-0.05, 0) is 41.5 Å². The molecule has 3 aromatic carbocycles. The molecule has 0 atom stereocenters. The Hall–Kier alpha value is -2.95. The van der Waals surface area contributed by atoms with Gasteiger partial charge >= 0.3 is 6.18 Å². The first-order chi connectivity index (χ1) is 11.9. The molecule has 0 aliphatic carbocycles. The van der Waals surface area contributed by atoms with Crippen LogP contribution in [0.3, 0.4) is 0 Å².